The van der Waals surface area contributed by atoms with Crippen LogP contribution in [0.3, 0.4) is 0 Å². The van der Waals surface area contributed by atoms with E-state index in [4.69, 9.17) is 16.3 Å². The third kappa shape index (κ3) is 16.1. The van der Waals surface area contributed by atoms with Crippen LogP contribution in [0.15, 0.2) is 97.1 Å². The van der Waals surface area contributed by atoms with Crippen molar-refractivity contribution in [3.8, 4) is 45.0 Å². The van der Waals surface area contributed by atoms with E-state index in [2.05, 4.69) is 95.0 Å². The number of carbonyl (C=O) groups is 2. The van der Waals surface area contributed by atoms with Crippen LogP contribution in [0.5, 0.6) is 0 Å². The van der Waals surface area contributed by atoms with Crippen LogP contribution in [0.4, 0.5) is 0 Å². The minimum Gasteiger partial charge on any atom is -0.378 e. The molecule has 4 aromatic carbocycles. The SMILES string of the molecule is CC.CC.CC.CCCCC(=O)N(Cc1ccc(-c2ccccc2-c2nn[nH]n2)cc1)[C@H](C(C)=O)C(C)C.CCCCc1nc(Cl)c(COC)n1Cc1ccc(-c2ccccc2-c2nn[nH]n2)cc1. The van der Waals surface area contributed by atoms with Crippen molar-refractivity contribution in [2.75, 3.05) is 7.11 Å². The number of nitrogens with one attached hydrogen (secondary N) is 2. The number of carbonyl (C=O) groups excluding carboxylic acids is 2. The highest BCUT2D eigenvalue weighted by molar-refractivity contribution is 6.30. The number of H-pyrrole nitrogens is 2. The lowest BCUT2D eigenvalue weighted by Crippen LogP contribution is -2.46. The van der Waals surface area contributed by atoms with Crippen molar-refractivity contribution >= 4 is 23.3 Å². The van der Waals surface area contributed by atoms with E-state index < -0.39 is 6.04 Å². The van der Waals surface area contributed by atoms with Gasteiger partial charge in [0.15, 0.2) is 10.9 Å². The van der Waals surface area contributed by atoms with E-state index in [1.807, 2.05) is 122 Å². The summed E-state index contributed by atoms with van der Waals surface area (Å²) >= 11 is 6.41. The summed E-state index contributed by atoms with van der Waals surface area (Å²) in [4.78, 5) is 31.7. The number of amides is 1. The Bertz CT molecular complexity index is 2500. The second-order valence-electron chi connectivity index (χ2n) is 15.8. The van der Waals surface area contributed by atoms with Gasteiger partial charge in [0.05, 0.1) is 18.3 Å². The summed E-state index contributed by atoms with van der Waals surface area (Å²) in [5, 5.41) is 29.3. The zero-order valence-electron chi connectivity index (χ0n) is 42.9. The average molecular weight is 961 g/mol. The number of methoxy groups -OCH3 is 1. The van der Waals surface area contributed by atoms with E-state index in [1.54, 1.807) is 18.9 Å². The van der Waals surface area contributed by atoms with Gasteiger partial charge in [-0.25, -0.2) is 4.98 Å². The molecule has 0 aliphatic rings. The van der Waals surface area contributed by atoms with E-state index >= 15 is 0 Å². The summed E-state index contributed by atoms with van der Waals surface area (Å²) < 4.78 is 7.55. The van der Waals surface area contributed by atoms with Gasteiger partial charge in [0.1, 0.15) is 5.82 Å². The highest BCUT2D eigenvalue weighted by Gasteiger charge is 2.30. The predicted molar refractivity (Wildman–Crippen MR) is 279 cm³/mol. The molecular weight excluding hydrogens is 886 g/mol. The molecular formula is C54H74ClN11O3. The third-order valence-corrected chi connectivity index (χ3v) is 11.1. The molecule has 1 amide bonds. The van der Waals surface area contributed by atoms with E-state index in [1.165, 1.54) is 5.56 Å². The van der Waals surface area contributed by atoms with Crippen molar-refractivity contribution in [3.05, 3.63) is 125 Å². The summed E-state index contributed by atoms with van der Waals surface area (Å²) in [5.41, 5.74) is 9.08. The Hall–Kier alpha value is -6.38. The molecule has 69 heavy (non-hydrogen) atoms. The smallest absolute Gasteiger partial charge is 0.223 e. The Kier molecular flexibility index (Phi) is 25.5. The number of Topliss-reactive ketones (excluding diaryl/α,β-unsaturated/α-hetero) is 1. The number of hydrogen-bond donors (Lipinski definition) is 2. The first-order valence-corrected chi connectivity index (χ1v) is 24.9. The molecule has 370 valence electrons. The number of ether oxygens (including phenoxy) is 1. The topological polar surface area (TPSA) is 173 Å². The molecule has 0 fully saturated rings. The number of rotatable bonds is 19. The fourth-order valence-electron chi connectivity index (χ4n) is 7.72. The molecule has 3 aromatic heterocycles. The highest BCUT2D eigenvalue weighted by Crippen LogP contribution is 2.32. The average Bonchev–Trinajstić information content (AvgIpc) is 4.19. The molecule has 7 rings (SSSR count). The molecule has 0 saturated heterocycles. The third-order valence-electron chi connectivity index (χ3n) is 10.8. The van der Waals surface area contributed by atoms with Gasteiger partial charge in [0.2, 0.25) is 17.6 Å². The van der Waals surface area contributed by atoms with Crippen LogP contribution < -0.4 is 0 Å². The monoisotopic (exact) mass is 960 g/mol. The van der Waals surface area contributed by atoms with Gasteiger partial charge in [-0.3, -0.25) is 9.59 Å². The Labute approximate surface area is 415 Å². The van der Waals surface area contributed by atoms with Crippen molar-refractivity contribution in [2.24, 2.45) is 5.92 Å². The van der Waals surface area contributed by atoms with Gasteiger partial charge in [-0.1, -0.05) is 191 Å². The van der Waals surface area contributed by atoms with Gasteiger partial charge < -0.3 is 14.2 Å². The molecule has 1 atom stereocenters. The molecule has 15 heteroatoms. The molecule has 2 N–H and O–H groups in total. The number of ketones is 1. The van der Waals surface area contributed by atoms with Gasteiger partial charge in [0.25, 0.3) is 0 Å². The first-order valence-electron chi connectivity index (χ1n) is 24.5. The lowest BCUT2D eigenvalue weighted by molar-refractivity contribution is -0.141. The Morgan fingerprint density at radius 2 is 1.17 bits per heavy atom. The molecule has 0 bridgehead atoms. The van der Waals surface area contributed by atoms with Crippen LogP contribution in [-0.2, 0) is 40.4 Å². The molecule has 7 aromatic rings. The maximum absolute atomic E-state index is 13.0. The number of aromatic amines is 2. The number of tetrazole rings is 2. The van der Waals surface area contributed by atoms with Crippen LogP contribution >= 0.6 is 11.6 Å². The first kappa shape index (κ1) is 56.9. The maximum atomic E-state index is 13.0. The second kappa shape index (κ2) is 30.9. The summed E-state index contributed by atoms with van der Waals surface area (Å²) in [6.07, 6.45) is 5.31. The molecule has 0 spiro atoms. The molecule has 0 unspecified atom stereocenters. The number of aromatic nitrogens is 10. The van der Waals surface area contributed by atoms with Crippen LogP contribution in [0.2, 0.25) is 5.15 Å². The highest BCUT2D eigenvalue weighted by atomic mass is 35.5. The fourth-order valence-corrected chi connectivity index (χ4v) is 7.98. The lowest BCUT2D eigenvalue weighted by Gasteiger charge is -2.33. The van der Waals surface area contributed by atoms with Crippen molar-refractivity contribution in [1.82, 2.24) is 55.7 Å². The van der Waals surface area contributed by atoms with Crippen molar-refractivity contribution in [1.29, 1.82) is 0 Å². The van der Waals surface area contributed by atoms with Gasteiger partial charge >= 0.3 is 0 Å². The largest absolute Gasteiger partial charge is 0.378 e. The number of hydrogen-bond acceptors (Lipinski definition) is 10. The summed E-state index contributed by atoms with van der Waals surface area (Å²) in [5.74, 6) is 2.24. The van der Waals surface area contributed by atoms with E-state index in [0.717, 1.165) is 82.6 Å². The fraction of sp³-hybridized carbons (Fsp3) is 0.426. The number of halogens is 1. The number of imidazole rings is 1. The molecule has 0 aliphatic carbocycles. The number of nitrogens with zero attached hydrogens (tertiary/aromatic N) is 9. The van der Waals surface area contributed by atoms with Gasteiger partial charge in [0, 0.05) is 44.2 Å². The zero-order valence-corrected chi connectivity index (χ0v) is 43.6. The van der Waals surface area contributed by atoms with E-state index in [-0.39, 0.29) is 17.6 Å². The Balaban J connectivity index is 0.000000330. The number of unbranched alkanes of at least 4 members (excludes halogenated alkanes) is 2. The van der Waals surface area contributed by atoms with Crippen LogP contribution in [0, 0.1) is 5.92 Å². The predicted octanol–water partition coefficient (Wildman–Crippen LogP) is 12.7. The minimum atomic E-state index is -0.419. The summed E-state index contributed by atoms with van der Waals surface area (Å²) in [6.45, 7) is 23.3. The molecule has 3 heterocycles. The van der Waals surface area contributed by atoms with E-state index in [0.29, 0.717) is 42.9 Å². The van der Waals surface area contributed by atoms with Crippen LogP contribution in [0.1, 0.15) is 131 Å². The lowest BCUT2D eigenvalue weighted by atomic mass is 9.96. The van der Waals surface area contributed by atoms with Crippen molar-refractivity contribution in [3.63, 3.8) is 0 Å². The van der Waals surface area contributed by atoms with Gasteiger partial charge in [-0.2, -0.15) is 10.4 Å². The van der Waals surface area contributed by atoms with Crippen molar-refractivity contribution in [2.45, 2.75) is 140 Å². The number of benzene rings is 4. The molecule has 0 aliphatic heterocycles. The first-order chi connectivity index (χ1) is 33.6. The van der Waals surface area contributed by atoms with E-state index in [9.17, 15) is 9.59 Å². The van der Waals surface area contributed by atoms with Gasteiger partial charge in [-0.15, -0.1) is 20.4 Å². The molecule has 0 radical (unpaired) electrons. The quantitative estimate of drug-likeness (QED) is 0.0794. The second-order valence-corrected chi connectivity index (χ2v) is 16.1. The minimum absolute atomic E-state index is 0.0236. The summed E-state index contributed by atoms with van der Waals surface area (Å²) in [7, 11) is 1.68. The number of aryl methyl sites for hydroxylation is 1. The standard InChI is InChI=1S/C25H31N5O2.C23H25ClN6O.3C2H6/c1-5-6-11-23(32)30(24(17(2)3)18(4)31)16-19-12-14-20(15-13-19)21-9-7-8-10-22(21)25-26-28-29-27-25;1-3-4-9-21-25-22(24)20(15-31-2)30(21)14-16-10-12-17(13-11-16)18-7-5-6-8-19(18)23-26-28-29-27-23;3*1-2/h7-10,12-15,17,24H,5-6,11,16H2,1-4H3,(H,26,27,28,29);5-8,10-13H,3-4,9,14-15H2,1-2H3,(H,26,27,28,29);3*1-2H3/t24-;;;;/m0..../s1. The Morgan fingerprint density at radius 3 is 1.59 bits per heavy atom. The maximum Gasteiger partial charge on any atom is 0.223 e. The molecule has 14 nitrogen and oxygen atoms in total. The van der Waals surface area contributed by atoms with Crippen LogP contribution in [-0.4, -0.2) is 80.5 Å². The van der Waals surface area contributed by atoms with Crippen molar-refractivity contribution < 1.29 is 14.3 Å². The Morgan fingerprint density at radius 1 is 0.696 bits per heavy atom. The normalized spacial score (nSPS) is 10.9. The molecule has 0 saturated carbocycles. The van der Waals surface area contributed by atoms with Crippen LogP contribution in [0.25, 0.3) is 45.0 Å². The summed E-state index contributed by atoms with van der Waals surface area (Å²) in [6, 6.07) is 32.1. The zero-order chi connectivity index (χ0) is 50.7. The van der Waals surface area contributed by atoms with Gasteiger partial charge in [-0.05, 0) is 69.5 Å².